The van der Waals surface area contributed by atoms with Crippen LogP contribution in [-0.4, -0.2) is 5.71 Å². The second-order valence-corrected chi connectivity index (χ2v) is 10.3. The summed E-state index contributed by atoms with van der Waals surface area (Å²) in [6.45, 7) is 8.64. The van der Waals surface area contributed by atoms with E-state index in [4.69, 9.17) is 4.99 Å². The van der Waals surface area contributed by atoms with Gasteiger partial charge in [-0.15, -0.1) is 0 Å². The molecule has 1 heteroatoms. The van der Waals surface area contributed by atoms with E-state index in [1.165, 1.54) is 38.2 Å². The Morgan fingerprint density at radius 1 is 0.550 bits per heavy atom. The Bertz CT molecular complexity index is 1900. The zero-order chi connectivity index (χ0) is 27.5. The summed E-state index contributed by atoms with van der Waals surface area (Å²) in [4.78, 5) is 5.18. The summed E-state index contributed by atoms with van der Waals surface area (Å²) < 4.78 is 0. The van der Waals surface area contributed by atoms with E-state index in [9.17, 15) is 0 Å². The van der Waals surface area contributed by atoms with Crippen molar-refractivity contribution in [1.29, 1.82) is 0 Å². The highest BCUT2D eigenvalue weighted by Gasteiger charge is 2.08. The number of hydrogen-bond acceptors (Lipinski definition) is 1. The summed E-state index contributed by atoms with van der Waals surface area (Å²) in [6.07, 6.45) is 2.11. The number of fused-ring (bicyclic) bond motifs is 2. The highest BCUT2D eigenvalue weighted by atomic mass is 14.8. The number of aryl methyl sites for hydroxylation is 1. The molecule has 0 fully saturated rings. The summed E-state index contributed by atoms with van der Waals surface area (Å²) in [5.74, 6) is 0. The molecule has 0 bridgehead atoms. The maximum Gasteiger partial charge on any atom is 0.0711 e. The Morgan fingerprint density at radius 2 is 1.02 bits per heavy atom. The van der Waals surface area contributed by atoms with Crippen LogP contribution in [0.5, 0.6) is 0 Å². The number of benzene rings is 6. The van der Waals surface area contributed by atoms with Crippen molar-refractivity contribution in [2.24, 2.45) is 4.99 Å². The van der Waals surface area contributed by atoms with Crippen LogP contribution in [0.4, 0.5) is 0 Å². The third-order valence-corrected chi connectivity index (χ3v) is 7.45. The lowest BCUT2D eigenvalue weighted by Crippen LogP contribution is -1.96. The number of rotatable bonds is 6. The highest BCUT2D eigenvalue weighted by molar-refractivity contribution is 6.05. The van der Waals surface area contributed by atoms with E-state index < -0.39 is 0 Å². The molecule has 0 unspecified atom stereocenters. The molecule has 6 aromatic rings. The van der Waals surface area contributed by atoms with Gasteiger partial charge in [0.25, 0.3) is 0 Å². The third-order valence-electron chi connectivity index (χ3n) is 7.45. The van der Waals surface area contributed by atoms with E-state index in [-0.39, 0.29) is 0 Å². The predicted molar refractivity (Wildman–Crippen MR) is 174 cm³/mol. The van der Waals surface area contributed by atoms with Crippen molar-refractivity contribution in [2.45, 2.75) is 13.8 Å². The van der Waals surface area contributed by atoms with Crippen LogP contribution in [0.2, 0.25) is 0 Å². The van der Waals surface area contributed by atoms with Crippen molar-refractivity contribution in [3.8, 4) is 11.1 Å². The molecule has 6 rings (SSSR count). The summed E-state index contributed by atoms with van der Waals surface area (Å²) in [5.41, 5.74) is 9.69. The monoisotopic (exact) mass is 513 g/mol. The van der Waals surface area contributed by atoms with Crippen LogP contribution in [0, 0.1) is 6.92 Å². The molecule has 1 nitrogen and oxygen atoms in total. The van der Waals surface area contributed by atoms with Gasteiger partial charge in [0.15, 0.2) is 0 Å². The zero-order valence-electron chi connectivity index (χ0n) is 22.9. The fourth-order valence-corrected chi connectivity index (χ4v) is 5.06. The maximum atomic E-state index is 5.18. The van der Waals surface area contributed by atoms with E-state index in [2.05, 4.69) is 160 Å². The van der Waals surface area contributed by atoms with Gasteiger partial charge in [-0.1, -0.05) is 133 Å². The van der Waals surface area contributed by atoms with Gasteiger partial charge in [0.1, 0.15) is 0 Å². The van der Waals surface area contributed by atoms with Gasteiger partial charge < -0.3 is 0 Å². The summed E-state index contributed by atoms with van der Waals surface area (Å²) >= 11 is 0. The van der Waals surface area contributed by atoms with Crippen LogP contribution >= 0.6 is 0 Å². The molecule has 0 radical (unpaired) electrons. The minimum Gasteiger partial charge on any atom is -0.252 e. The number of allylic oxidation sites excluding steroid dienone is 2. The van der Waals surface area contributed by atoms with E-state index in [1.54, 1.807) is 0 Å². The summed E-state index contributed by atoms with van der Waals surface area (Å²) in [7, 11) is 0. The van der Waals surface area contributed by atoms with E-state index >= 15 is 0 Å². The van der Waals surface area contributed by atoms with Gasteiger partial charge in [-0.2, -0.15) is 0 Å². The molecule has 40 heavy (non-hydrogen) atoms. The summed E-state index contributed by atoms with van der Waals surface area (Å²) in [6, 6.07) is 47.2. The Balaban J connectivity index is 1.41. The lowest BCUT2D eigenvalue weighted by molar-refractivity contribution is 1.45. The molecule has 0 saturated carbocycles. The molecular weight excluding hydrogens is 482 g/mol. The second-order valence-electron chi connectivity index (χ2n) is 10.3. The number of aliphatic imine (C=N–C) groups is 1. The SMILES string of the molecule is C=C(/C=C(\N=C(C)c1ccc2ccccc2c1)c1ccc(-c2ccc(C)cc2)cc1)c1ccc2ccccc2c1. The molecule has 192 valence electrons. The van der Waals surface area contributed by atoms with Crippen molar-refractivity contribution in [2.75, 3.05) is 0 Å². The van der Waals surface area contributed by atoms with Crippen molar-refractivity contribution in [3.05, 3.63) is 168 Å². The third kappa shape index (κ3) is 5.41. The van der Waals surface area contributed by atoms with Crippen molar-refractivity contribution >= 4 is 38.5 Å². The van der Waals surface area contributed by atoms with Gasteiger partial charge in [0.2, 0.25) is 0 Å². The van der Waals surface area contributed by atoms with Crippen LogP contribution in [0.1, 0.15) is 29.2 Å². The van der Waals surface area contributed by atoms with E-state index in [1.807, 2.05) is 0 Å². The number of nitrogens with zero attached hydrogens (tertiary/aromatic N) is 1. The first-order valence-electron chi connectivity index (χ1n) is 13.7. The van der Waals surface area contributed by atoms with Gasteiger partial charge in [-0.25, -0.2) is 0 Å². The van der Waals surface area contributed by atoms with Gasteiger partial charge in [-0.3, -0.25) is 4.99 Å². The molecule has 6 aromatic carbocycles. The molecule has 0 atom stereocenters. The maximum absolute atomic E-state index is 5.18. The lowest BCUT2D eigenvalue weighted by Gasteiger charge is -2.10. The fourth-order valence-electron chi connectivity index (χ4n) is 5.06. The first-order chi connectivity index (χ1) is 19.5. The highest BCUT2D eigenvalue weighted by Crippen LogP contribution is 2.28. The molecule has 0 aliphatic carbocycles. The molecule has 0 aromatic heterocycles. The van der Waals surface area contributed by atoms with Crippen LogP contribution in [0.3, 0.4) is 0 Å². The average Bonchev–Trinajstić information content (AvgIpc) is 3.00. The lowest BCUT2D eigenvalue weighted by atomic mass is 9.98. The second kappa shape index (κ2) is 11.0. The fraction of sp³-hybridized carbons (Fsp3) is 0.0513. The molecule has 0 heterocycles. The molecule has 0 amide bonds. The smallest absolute Gasteiger partial charge is 0.0711 e. The van der Waals surface area contributed by atoms with Crippen LogP contribution < -0.4 is 0 Å². The number of hydrogen-bond donors (Lipinski definition) is 0. The Kier molecular flexibility index (Phi) is 6.95. The minimum atomic E-state index is 0.888. The van der Waals surface area contributed by atoms with Gasteiger partial charge in [0.05, 0.1) is 5.70 Å². The molecule has 0 aliphatic heterocycles. The van der Waals surface area contributed by atoms with Crippen LogP contribution in [0.25, 0.3) is 43.9 Å². The van der Waals surface area contributed by atoms with Crippen molar-refractivity contribution in [3.63, 3.8) is 0 Å². The molecule has 0 spiro atoms. The van der Waals surface area contributed by atoms with Gasteiger partial charge in [0, 0.05) is 11.3 Å². The van der Waals surface area contributed by atoms with Crippen LogP contribution in [0.15, 0.2) is 151 Å². The molecule has 0 saturated heterocycles. The Labute approximate surface area is 236 Å². The van der Waals surface area contributed by atoms with Crippen molar-refractivity contribution in [1.82, 2.24) is 0 Å². The standard InChI is InChI=1S/C39H31N/c1-27-12-14-32(15-13-27)33-16-20-34(21-17-33)39(24-28(2)35-22-18-30-8-4-6-10-37(30)25-35)40-29(3)36-23-19-31-9-5-7-11-38(31)26-36/h4-26H,2H2,1,3H3/b39-24-,40-29?. The van der Waals surface area contributed by atoms with E-state index in [0.717, 1.165) is 33.7 Å². The zero-order valence-corrected chi connectivity index (χ0v) is 22.9. The molecule has 0 aliphatic rings. The van der Waals surface area contributed by atoms with Gasteiger partial charge in [-0.05, 0) is 81.4 Å². The first-order valence-corrected chi connectivity index (χ1v) is 13.7. The van der Waals surface area contributed by atoms with Gasteiger partial charge >= 0.3 is 0 Å². The van der Waals surface area contributed by atoms with Crippen LogP contribution in [-0.2, 0) is 0 Å². The first kappa shape index (κ1) is 25.3. The van der Waals surface area contributed by atoms with E-state index in [0.29, 0.717) is 0 Å². The minimum absolute atomic E-state index is 0.888. The predicted octanol–water partition coefficient (Wildman–Crippen LogP) is 10.5. The normalized spacial score (nSPS) is 12.2. The largest absolute Gasteiger partial charge is 0.252 e. The summed E-state index contributed by atoms with van der Waals surface area (Å²) in [5, 5.41) is 4.86. The Morgan fingerprint density at radius 3 is 1.62 bits per heavy atom. The Hall–Kier alpha value is -5.01. The topological polar surface area (TPSA) is 12.4 Å². The average molecular weight is 514 g/mol. The molecule has 0 N–H and O–H groups in total. The quantitative estimate of drug-likeness (QED) is 0.155. The van der Waals surface area contributed by atoms with Crippen molar-refractivity contribution < 1.29 is 0 Å². The molecular formula is C39H31N.